The van der Waals surface area contributed by atoms with Crippen molar-refractivity contribution < 1.29 is 26.3 Å². The number of hydrogen-bond acceptors (Lipinski definition) is 1. The number of carbonyl (C=O) groups excluding carboxylic acids is 1. The van der Waals surface area contributed by atoms with Crippen LogP contribution in [0.3, 0.4) is 0 Å². The summed E-state index contributed by atoms with van der Waals surface area (Å²) in [6.07, 6.45) is 27.3. The molecule has 0 rings (SSSR count). The number of hydrogen-bond donors (Lipinski definition) is 0. The molecular weight excluding hydrogens is 410 g/mol. The maximum absolute atomic E-state index is 11.8. The molecule has 0 aromatic carbocycles. The third kappa shape index (κ3) is 22.4. The average molecular weight is 463 g/mol. The minimum absolute atomic E-state index is 0. The predicted molar refractivity (Wildman–Crippen MR) is 121 cm³/mol. The van der Waals surface area contributed by atoms with Gasteiger partial charge >= 0.3 is 5.91 Å². The third-order valence-corrected chi connectivity index (χ3v) is 5.74. The van der Waals surface area contributed by atoms with Crippen molar-refractivity contribution in [2.45, 2.75) is 135 Å². The molecule has 0 spiro atoms. The van der Waals surface area contributed by atoms with Gasteiger partial charge in [0.15, 0.2) is 0 Å². The van der Waals surface area contributed by atoms with Crippen molar-refractivity contribution in [1.82, 2.24) is 0 Å². The highest BCUT2D eigenvalue weighted by Crippen LogP contribution is 2.15. The summed E-state index contributed by atoms with van der Waals surface area (Å²) in [5.74, 6) is 0.363. The number of halogens is 1. The lowest BCUT2D eigenvalue weighted by Gasteiger charge is -2.20. The molecule has 0 heterocycles. The Labute approximate surface area is 188 Å². The van der Waals surface area contributed by atoms with Crippen molar-refractivity contribution in [1.29, 1.82) is 0 Å². The molecule has 0 atom stereocenters. The summed E-state index contributed by atoms with van der Waals surface area (Å²) in [4.78, 5) is 11.8. The van der Waals surface area contributed by atoms with Crippen LogP contribution in [0, 0.1) is 0 Å². The first kappa shape index (κ1) is 30.3. The molecule has 0 bridgehead atoms. The quantitative estimate of drug-likeness (QED) is 0.183. The van der Waals surface area contributed by atoms with E-state index < -0.39 is 0 Å². The van der Waals surface area contributed by atoms with E-state index in [0.717, 1.165) is 12.8 Å². The standard InChI is InChI=1S/C25H52NO.BrH/c1-5-6-7-8-9-10-11-12-13-14-15-16-17-18-19-20-21-22-23-24-25(27)26(2,3)4;/h5-24H2,1-4H3;1H/q+1;/p-1. The second-order valence-corrected chi connectivity index (χ2v) is 9.52. The van der Waals surface area contributed by atoms with Gasteiger partial charge in [-0.3, -0.25) is 4.48 Å². The summed E-state index contributed by atoms with van der Waals surface area (Å²) in [5, 5.41) is 0. The Morgan fingerprint density at radius 1 is 0.500 bits per heavy atom. The Balaban J connectivity index is 0. The van der Waals surface area contributed by atoms with Crippen molar-refractivity contribution in [3.8, 4) is 0 Å². The van der Waals surface area contributed by atoms with Crippen LogP contribution in [-0.4, -0.2) is 31.5 Å². The monoisotopic (exact) mass is 461 g/mol. The number of quaternary nitrogens is 1. The molecular formula is C25H52BrNO. The Morgan fingerprint density at radius 2 is 0.750 bits per heavy atom. The summed E-state index contributed by atoms with van der Waals surface area (Å²) in [6.45, 7) is 2.29. The summed E-state index contributed by atoms with van der Waals surface area (Å²) >= 11 is 0. The van der Waals surface area contributed by atoms with E-state index >= 15 is 0 Å². The van der Waals surface area contributed by atoms with Crippen LogP contribution in [0.25, 0.3) is 0 Å². The summed E-state index contributed by atoms with van der Waals surface area (Å²) in [6, 6.07) is 0. The zero-order valence-electron chi connectivity index (χ0n) is 19.9. The molecule has 0 fully saturated rings. The molecule has 170 valence electrons. The van der Waals surface area contributed by atoms with E-state index in [1.807, 2.05) is 21.1 Å². The van der Waals surface area contributed by atoms with Gasteiger partial charge in [0.25, 0.3) is 0 Å². The van der Waals surface area contributed by atoms with Crippen molar-refractivity contribution in [2.24, 2.45) is 0 Å². The summed E-state index contributed by atoms with van der Waals surface area (Å²) in [5.41, 5.74) is 0. The summed E-state index contributed by atoms with van der Waals surface area (Å²) < 4.78 is 0.471. The van der Waals surface area contributed by atoms with Gasteiger partial charge < -0.3 is 17.0 Å². The van der Waals surface area contributed by atoms with E-state index in [2.05, 4.69) is 6.92 Å². The largest absolute Gasteiger partial charge is 1.00 e. The Kier molecular flexibility index (Phi) is 23.6. The lowest BCUT2D eigenvalue weighted by atomic mass is 10.0. The van der Waals surface area contributed by atoms with Crippen molar-refractivity contribution in [3.05, 3.63) is 0 Å². The van der Waals surface area contributed by atoms with Crippen LogP contribution in [-0.2, 0) is 4.79 Å². The zero-order valence-corrected chi connectivity index (χ0v) is 21.5. The number of unbranched alkanes of at least 4 members (excludes halogenated alkanes) is 18. The van der Waals surface area contributed by atoms with Gasteiger partial charge in [-0.15, -0.1) is 0 Å². The van der Waals surface area contributed by atoms with Crippen LogP contribution in [0.1, 0.15) is 135 Å². The smallest absolute Gasteiger partial charge is 0.313 e. The first-order valence-electron chi connectivity index (χ1n) is 12.3. The molecule has 0 radical (unpaired) electrons. The SMILES string of the molecule is CCCCCCCCCCCCCCCCCCCCCC(=O)[N+](C)(C)C.[Br-]. The fraction of sp³-hybridized carbons (Fsp3) is 0.960. The van der Waals surface area contributed by atoms with Gasteiger partial charge in [-0.2, -0.15) is 0 Å². The molecule has 0 N–H and O–H groups in total. The minimum atomic E-state index is 0. The van der Waals surface area contributed by atoms with Gasteiger partial charge in [-0.05, 0) is 6.42 Å². The predicted octanol–water partition coefficient (Wildman–Crippen LogP) is 5.05. The van der Waals surface area contributed by atoms with Crippen LogP contribution in [0.2, 0.25) is 0 Å². The minimum Gasteiger partial charge on any atom is -1.00 e. The van der Waals surface area contributed by atoms with Gasteiger partial charge in [0.2, 0.25) is 0 Å². The normalized spacial score (nSPS) is 11.4. The lowest BCUT2D eigenvalue weighted by molar-refractivity contribution is -0.792. The first-order valence-corrected chi connectivity index (χ1v) is 12.3. The number of nitrogens with zero attached hydrogens (tertiary/aromatic N) is 1. The molecule has 0 aliphatic carbocycles. The lowest BCUT2D eigenvalue weighted by Crippen LogP contribution is -3.00. The third-order valence-electron chi connectivity index (χ3n) is 5.74. The second-order valence-electron chi connectivity index (χ2n) is 9.52. The van der Waals surface area contributed by atoms with Crippen molar-refractivity contribution in [2.75, 3.05) is 21.1 Å². The van der Waals surface area contributed by atoms with E-state index in [1.165, 1.54) is 116 Å². The van der Waals surface area contributed by atoms with Crippen LogP contribution < -0.4 is 17.0 Å². The highest BCUT2D eigenvalue weighted by molar-refractivity contribution is 5.68. The fourth-order valence-electron chi connectivity index (χ4n) is 3.69. The van der Waals surface area contributed by atoms with E-state index in [1.54, 1.807) is 0 Å². The number of amides is 1. The second kappa shape index (κ2) is 21.8. The highest BCUT2D eigenvalue weighted by Gasteiger charge is 2.18. The molecule has 0 aliphatic heterocycles. The van der Waals surface area contributed by atoms with Gasteiger partial charge in [0.1, 0.15) is 0 Å². The fourth-order valence-corrected chi connectivity index (χ4v) is 3.69. The number of rotatable bonds is 20. The van der Waals surface area contributed by atoms with Crippen LogP contribution in [0.4, 0.5) is 0 Å². The van der Waals surface area contributed by atoms with Crippen LogP contribution >= 0.6 is 0 Å². The molecule has 0 aliphatic rings. The Morgan fingerprint density at radius 3 is 1.00 bits per heavy atom. The zero-order chi connectivity index (χ0) is 20.2. The van der Waals surface area contributed by atoms with Gasteiger partial charge in [0, 0.05) is 0 Å². The average Bonchev–Trinajstić information content (AvgIpc) is 2.62. The first-order chi connectivity index (χ1) is 13.0. The number of carbonyl (C=O) groups is 1. The van der Waals surface area contributed by atoms with Crippen LogP contribution in [0.5, 0.6) is 0 Å². The highest BCUT2D eigenvalue weighted by atomic mass is 79.9. The molecule has 0 saturated carbocycles. The van der Waals surface area contributed by atoms with Crippen molar-refractivity contribution in [3.63, 3.8) is 0 Å². The molecule has 1 amide bonds. The molecule has 0 saturated heterocycles. The molecule has 0 unspecified atom stereocenters. The maximum atomic E-state index is 11.8. The molecule has 28 heavy (non-hydrogen) atoms. The van der Waals surface area contributed by atoms with Crippen molar-refractivity contribution >= 4 is 5.91 Å². The molecule has 3 heteroatoms. The van der Waals surface area contributed by atoms with E-state index in [9.17, 15) is 4.79 Å². The Hall–Kier alpha value is 0.110. The Bertz CT molecular complexity index is 325. The van der Waals surface area contributed by atoms with E-state index in [-0.39, 0.29) is 17.0 Å². The van der Waals surface area contributed by atoms with Gasteiger partial charge in [-0.25, -0.2) is 4.79 Å². The molecule has 0 aromatic rings. The molecule has 0 aromatic heterocycles. The summed E-state index contributed by atoms with van der Waals surface area (Å²) in [7, 11) is 5.91. The molecule has 2 nitrogen and oxygen atoms in total. The van der Waals surface area contributed by atoms with Gasteiger partial charge in [0.05, 0.1) is 27.6 Å². The maximum Gasteiger partial charge on any atom is 0.313 e. The van der Waals surface area contributed by atoms with Crippen LogP contribution in [0.15, 0.2) is 0 Å². The van der Waals surface area contributed by atoms with Gasteiger partial charge in [-0.1, -0.05) is 122 Å². The van der Waals surface area contributed by atoms with E-state index in [0.29, 0.717) is 10.4 Å². The topological polar surface area (TPSA) is 17.1 Å². The van der Waals surface area contributed by atoms with E-state index in [4.69, 9.17) is 0 Å².